The highest BCUT2D eigenvalue weighted by Crippen LogP contribution is 2.47. The first-order valence-electron chi connectivity index (χ1n) is 11.5. The van der Waals surface area contributed by atoms with Gasteiger partial charge in [0, 0.05) is 35.6 Å². The standard InChI is InChI=1S/C25H22F4N2O5S2/c1-34-7-8-35-20-12-17(26)11-19(20)21-22(15-3-2-14-4-6-30-13-16(14)10-15)31-24(18-5-9-37-23(18)21)36-38(32,33)25(27,28)29/h2-3,5,9-12,19,30H,4,6-8,13H2,1H3. The molecule has 0 saturated carbocycles. The van der Waals surface area contributed by atoms with Gasteiger partial charge in [-0.05, 0) is 47.7 Å². The van der Waals surface area contributed by atoms with Crippen molar-refractivity contribution >= 4 is 31.5 Å². The van der Waals surface area contributed by atoms with Gasteiger partial charge in [0.05, 0.1) is 23.6 Å². The van der Waals surface area contributed by atoms with Gasteiger partial charge in [-0.3, -0.25) is 0 Å². The van der Waals surface area contributed by atoms with Crippen LogP contribution in [-0.2, 0) is 32.6 Å². The molecule has 0 radical (unpaired) electrons. The molecular formula is C25H22F4N2O5S2. The first kappa shape index (κ1) is 26.6. The predicted octanol–water partition coefficient (Wildman–Crippen LogP) is 5.33. The number of hydrogen-bond acceptors (Lipinski definition) is 8. The van der Waals surface area contributed by atoms with Crippen molar-refractivity contribution in [3.8, 4) is 17.1 Å². The number of ether oxygens (including phenoxy) is 2. The number of thiophene rings is 1. The average molecular weight is 571 g/mol. The zero-order chi connectivity index (χ0) is 27.1. The zero-order valence-corrected chi connectivity index (χ0v) is 21.6. The van der Waals surface area contributed by atoms with Crippen LogP contribution in [0.25, 0.3) is 21.3 Å². The van der Waals surface area contributed by atoms with Crippen molar-refractivity contribution in [2.24, 2.45) is 0 Å². The molecule has 0 bridgehead atoms. The molecule has 7 nitrogen and oxygen atoms in total. The summed E-state index contributed by atoms with van der Waals surface area (Å²) in [5, 5.41) is 4.90. The summed E-state index contributed by atoms with van der Waals surface area (Å²) in [7, 11) is -4.49. The third-order valence-corrected chi connectivity index (χ3v) is 8.12. The van der Waals surface area contributed by atoms with Gasteiger partial charge in [0.15, 0.2) is 0 Å². The van der Waals surface area contributed by atoms with Crippen molar-refractivity contribution in [2.75, 3.05) is 26.9 Å². The maximum atomic E-state index is 14.6. The molecule has 3 aromatic rings. The van der Waals surface area contributed by atoms with Crippen LogP contribution >= 0.6 is 11.3 Å². The molecule has 1 N–H and O–H groups in total. The molecule has 1 aromatic carbocycles. The SMILES string of the molecule is COCCOC1=CC(F)=CC1c1c(-c2ccc3c(c2)CNCC3)nc(OS(=O)(=O)C(F)(F)F)c2ccsc12. The molecule has 1 aliphatic heterocycles. The Kier molecular flexibility index (Phi) is 7.20. The molecule has 1 aliphatic carbocycles. The van der Waals surface area contributed by atoms with Crippen LogP contribution in [0.3, 0.4) is 0 Å². The Morgan fingerprint density at radius 2 is 2.00 bits per heavy atom. The fraction of sp³-hybridized carbons (Fsp3) is 0.320. The van der Waals surface area contributed by atoms with Crippen molar-refractivity contribution in [1.29, 1.82) is 0 Å². The van der Waals surface area contributed by atoms with E-state index in [0.717, 1.165) is 35.4 Å². The molecule has 202 valence electrons. The summed E-state index contributed by atoms with van der Waals surface area (Å²) in [6.45, 7) is 1.79. The lowest BCUT2D eigenvalue weighted by molar-refractivity contribution is -0.0500. The third kappa shape index (κ3) is 5.03. The van der Waals surface area contributed by atoms with Gasteiger partial charge in [-0.15, -0.1) is 11.3 Å². The molecule has 2 aliphatic rings. The van der Waals surface area contributed by atoms with Crippen LogP contribution in [0, 0.1) is 0 Å². The van der Waals surface area contributed by atoms with Gasteiger partial charge in [-0.1, -0.05) is 12.1 Å². The van der Waals surface area contributed by atoms with Gasteiger partial charge in [-0.25, -0.2) is 9.37 Å². The Bertz CT molecular complexity index is 1550. The minimum absolute atomic E-state index is 0.0538. The van der Waals surface area contributed by atoms with E-state index in [1.807, 2.05) is 12.1 Å². The lowest BCUT2D eigenvalue weighted by atomic mass is 9.91. The summed E-state index contributed by atoms with van der Waals surface area (Å²) in [5.74, 6) is -1.75. The lowest BCUT2D eigenvalue weighted by Gasteiger charge is -2.22. The summed E-state index contributed by atoms with van der Waals surface area (Å²) in [4.78, 5) is 4.32. The van der Waals surface area contributed by atoms with Gasteiger partial charge < -0.3 is 19.0 Å². The summed E-state index contributed by atoms with van der Waals surface area (Å²) in [6.07, 6.45) is 3.36. The van der Waals surface area contributed by atoms with E-state index < -0.39 is 33.3 Å². The Balaban J connectivity index is 1.72. The number of hydrogen-bond donors (Lipinski definition) is 1. The molecule has 0 spiro atoms. The number of alkyl halides is 3. The number of pyridine rings is 1. The number of aromatic nitrogens is 1. The molecule has 2 aromatic heterocycles. The quantitative estimate of drug-likeness (QED) is 0.170. The third-order valence-electron chi connectivity index (χ3n) is 6.23. The first-order chi connectivity index (χ1) is 18.1. The van der Waals surface area contributed by atoms with E-state index in [1.54, 1.807) is 11.4 Å². The Morgan fingerprint density at radius 1 is 1.18 bits per heavy atom. The molecule has 0 amide bonds. The number of allylic oxidation sites excluding steroid dienone is 3. The van der Waals surface area contributed by atoms with E-state index in [-0.39, 0.29) is 30.1 Å². The van der Waals surface area contributed by atoms with Crippen molar-refractivity contribution in [3.63, 3.8) is 0 Å². The number of nitrogens with one attached hydrogen (secondary N) is 1. The van der Waals surface area contributed by atoms with Crippen LogP contribution < -0.4 is 9.50 Å². The van der Waals surface area contributed by atoms with Crippen LogP contribution in [0.4, 0.5) is 17.6 Å². The number of fused-ring (bicyclic) bond motifs is 2. The van der Waals surface area contributed by atoms with Crippen molar-refractivity contribution in [2.45, 2.75) is 24.4 Å². The second-order valence-electron chi connectivity index (χ2n) is 8.65. The smallest absolute Gasteiger partial charge is 0.494 e. The zero-order valence-electron chi connectivity index (χ0n) is 20.0. The fourth-order valence-corrected chi connectivity index (χ4v) is 5.88. The molecule has 13 heteroatoms. The highest BCUT2D eigenvalue weighted by Gasteiger charge is 2.49. The van der Waals surface area contributed by atoms with Gasteiger partial charge >= 0.3 is 15.6 Å². The second kappa shape index (κ2) is 10.3. The van der Waals surface area contributed by atoms with E-state index >= 15 is 0 Å². The molecule has 3 heterocycles. The Morgan fingerprint density at radius 3 is 2.76 bits per heavy atom. The van der Waals surface area contributed by atoms with Crippen LogP contribution in [0.5, 0.6) is 5.88 Å². The van der Waals surface area contributed by atoms with E-state index in [1.165, 1.54) is 25.3 Å². The van der Waals surface area contributed by atoms with Gasteiger partial charge in [0.1, 0.15) is 18.2 Å². The molecule has 38 heavy (non-hydrogen) atoms. The molecule has 1 atom stereocenters. The maximum Gasteiger partial charge on any atom is 0.534 e. The van der Waals surface area contributed by atoms with Gasteiger partial charge in [0.25, 0.3) is 0 Å². The highest BCUT2D eigenvalue weighted by molar-refractivity contribution is 7.88. The van der Waals surface area contributed by atoms with Crippen molar-refractivity contribution in [3.05, 3.63) is 70.1 Å². The van der Waals surface area contributed by atoms with Crippen LogP contribution in [0.2, 0.25) is 0 Å². The van der Waals surface area contributed by atoms with Gasteiger partial charge in [-0.2, -0.15) is 21.6 Å². The maximum absolute atomic E-state index is 14.6. The minimum atomic E-state index is -5.99. The first-order valence-corrected chi connectivity index (χ1v) is 13.8. The van der Waals surface area contributed by atoms with Crippen LogP contribution in [0.15, 0.2) is 53.4 Å². The lowest BCUT2D eigenvalue weighted by Crippen LogP contribution is -2.28. The van der Waals surface area contributed by atoms with E-state index in [2.05, 4.69) is 14.5 Å². The van der Waals surface area contributed by atoms with Crippen LogP contribution in [-0.4, -0.2) is 45.8 Å². The second-order valence-corrected chi connectivity index (χ2v) is 11.1. The molecule has 5 rings (SSSR count). The van der Waals surface area contributed by atoms with Gasteiger partial charge in [0.2, 0.25) is 5.88 Å². The number of benzene rings is 1. The fourth-order valence-electron chi connectivity index (χ4n) is 4.48. The minimum Gasteiger partial charge on any atom is -0.494 e. The van der Waals surface area contributed by atoms with E-state index in [0.29, 0.717) is 22.4 Å². The number of methoxy groups -OCH3 is 1. The number of rotatable bonds is 8. The molecular weight excluding hydrogens is 548 g/mol. The number of halogens is 4. The molecule has 0 saturated heterocycles. The average Bonchev–Trinajstić information content (AvgIpc) is 3.50. The van der Waals surface area contributed by atoms with E-state index in [4.69, 9.17) is 9.47 Å². The summed E-state index contributed by atoms with van der Waals surface area (Å²) in [5.41, 5.74) is -2.42. The summed E-state index contributed by atoms with van der Waals surface area (Å²) in [6, 6.07) is 6.93. The predicted molar refractivity (Wildman–Crippen MR) is 134 cm³/mol. The molecule has 0 fully saturated rings. The molecule has 1 unspecified atom stereocenters. The largest absolute Gasteiger partial charge is 0.534 e. The summed E-state index contributed by atoms with van der Waals surface area (Å²) >= 11 is 1.15. The van der Waals surface area contributed by atoms with E-state index in [9.17, 15) is 26.0 Å². The highest BCUT2D eigenvalue weighted by atomic mass is 32.2. The number of nitrogens with zero attached hydrogens (tertiary/aromatic N) is 1. The summed E-state index contributed by atoms with van der Waals surface area (Å²) < 4.78 is 93.7. The van der Waals surface area contributed by atoms with Crippen molar-refractivity contribution < 1.29 is 39.6 Å². The Labute approximate surface area is 219 Å². The van der Waals surface area contributed by atoms with Crippen LogP contribution in [0.1, 0.15) is 22.6 Å². The monoisotopic (exact) mass is 570 g/mol. The Hall–Kier alpha value is -3.00. The topological polar surface area (TPSA) is 86.8 Å². The normalized spacial score (nSPS) is 17.8. The van der Waals surface area contributed by atoms with Crippen molar-refractivity contribution in [1.82, 2.24) is 10.3 Å².